The fourth-order valence-corrected chi connectivity index (χ4v) is 4.32. The van der Waals surface area contributed by atoms with Crippen LogP contribution in [0, 0.1) is 12.7 Å². The van der Waals surface area contributed by atoms with E-state index < -0.39 is 39.7 Å². The lowest BCUT2D eigenvalue weighted by atomic mass is 10.2. The molecule has 0 saturated carbocycles. The van der Waals surface area contributed by atoms with E-state index in [4.69, 9.17) is 10.5 Å². The monoisotopic (exact) mass is 499 g/mol. The second-order valence-electron chi connectivity index (χ2n) is 7.52. The van der Waals surface area contributed by atoms with Crippen LogP contribution in [0.3, 0.4) is 0 Å². The van der Waals surface area contributed by atoms with Gasteiger partial charge in [-0.1, -0.05) is 6.07 Å². The fraction of sp³-hybridized carbons (Fsp3) is 0.125. The van der Waals surface area contributed by atoms with Crippen LogP contribution < -0.4 is 15.8 Å². The molecule has 11 heteroatoms. The van der Waals surface area contributed by atoms with E-state index in [-0.39, 0.29) is 27.3 Å². The summed E-state index contributed by atoms with van der Waals surface area (Å²) in [6.07, 6.45) is -1.15. The predicted molar refractivity (Wildman–Crippen MR) is 127 cm³/mol. The molecule has 3 aromatic rings. The molecule has 0 aliphatic rings. The van der Waals surface area contributed by atoms with Crippen molar-refractivity contribution in [2.24, 2.45) is 5.73 Å². The number of carbonyl (C=O) groups excluding carboxylic acids is 3. The van der Waals surface area contributed by atoms with Crippen molar-refractivity contribution in [1.29, 1.82) is 0 Å². The maximum absolute atomic E-state index is 13.7. The molecule has 9 nitrogen and oxygen atoms in total. The van der Waals surface area contributed by atoms with E-state index in [1.165, 1.54) is 74.5 Å². The van der Waals surface area contributed by atoms with E-state index in [0.29, 0.717) is 5.69 Å². The van der Waals surface area contributed by atoms with Crippen LogP contribution in [0.5, 0.6) is 0 Å². The Balaban J connectivity index is 1.61. The molecule has 0 fully saturated rings. The molecule has 0 aliphatic carbocycles. The molecule has 0 aromatic heterocycles. The highest BCUT2D eigenvalue weighted by Crippen LogP contribution is 2.22. The molecule has 2 amide bonds. The van der Waals surface area contributed by atoms with Gasteiger partial charge in [0.05, 0.1) is 10.5 Å². The van der Waals surface area contributed by atoms with Crippen LogP contribution in [-0.4, -0.2) is 32.3 Å². The third-order valence-electron chi connectivity index (χ3n) is 4.97. The zero-order valence-corrected chi connectivity index (χ0v) is 19.6. The molecule has 0 spiro atoms. The van der Waals surface area contributed by atoms with Crippen molar-refractivity contribution < 1.29 is 31.9 Å². The predicted octanol–water partition coefficient (Wildman–Crippen LogP) is 3.22. The van der Waals surface area contributed by atoms with E-state index in [2.05, 4.69) is 10.0 Å². The molecular formula is C24H22FN3O6S. The number of hydrogen-bond acceptors (Lipinski definition) is 6. The van der Waals surface area contributed by atoms with Crippen LogP contribution in [0.4, 0.5) is 15.8 Å². The van der Waals surface area contributed by atoms with Gasteiger partial charge in [-0.3, -0.25) is 14.3 Å². The normalized spacial score (nSPS) is 11.9. The highest BCUT2D eigenvalue weighted by molar-refractivity contribution is 7.92. The number of nitrogens with one attached hydrogen (secondary N) is 2. The van der Waals surface area contributed by atoms with E-state index in [9.17, 15) is 27.2 Å². The third kappa shape index (κ3) is 6.21. The Hall–Kier alpha value is -4.25. The van der Waals surface area contributed by atoms with Crippen molar-refractivity contribution in [3.05, 3.63) is 89.2 Å². The molecule has 3 rings (SSSR count). The lowest BCUT2D eigenvalue weighted by molar-refractivity contribution is -0.123. The molecular weight excluding hydrogens is 477 g/mol. The number of sulfonamides is 1. The molecule has 0 radical (unpaired) electrons. The van der Waals surface area contributed by atoms with E-state index in [1.807, 2.05) is 0 Å². The summed E-state index contributed by atoms with van der Waals surface area (Å²) in [5.41, 5.74) is 6.04. The van der Waals surface area contributed by atoms with Gasteiger partial charge in [0.2, 0.25) is 5.91 Å². The molecule has 35 heavy (non-hydrogen) atoms. The molecule has 1 atom stereocenters. The highest BCUT2D eigenvalue weighted by atomic mass is 32.2. The first-order valence-corrected chi connectivity index (χ1v) is 11.8. The average Bonchev–Trinajstić information content (AvgIpc) is 2.81. The van der Waals surface area contributed by atoms with Gasteiger partial charge in [0.15, 0.2) is 6.10 Å². The first-order chi connectivity index (χ1) is 16.5. The zero-order chi connectivity index (χ0) is 25.8. The quantitative estimate of drug-likeness (QED) is 0.406. The first kappa shape index (κ1) is 25.4. The Kier molecular flexibility index (Phi) is 7.50. The smallest absolute Gasteiger partial charge is 0.338 e. The molecule has 0 aliphatic heterocycles. The van der Waals surface area contributed by atoms with Gasteiger partial charge in [-0.05, 0) is 74.5 Å². The number of esters is 1. The maximum Gasteiger partial charge on any atom is 0.338 e. The minimum atomic E-state index is -4.05. The average molecular weight is 500 g/mol. The maximum atomic E-state index is 13.7. The minimum Gasteiger partial charge on any atom is -0.449 e. The summed E-state index contributed by atoms with van der Waals surface area (Å²) >= 11 is 0. The van der Waals surface area contributed by atoms with Gasteiger partial charge in [0.1, 0.15) is 5.82 Å². The molecule has 0 saturated heterocycles. The van der Waals surface area contributed by atoms with Crippen molar-refractivity contribution in [3.8, 4) is 0 Å². The number of rotatable bonds is 8. The second kappa shape index (κ2) is 10.3. The molecule has 3 aromatic carbocycles. The van der Waals surface area contributed by atoms with Crippen molar-refractivity contribution in [3.63, 3.8) is 0 Å². The summed E-state index contributed by atoms with van der Waals surface area (Å²) in [4.78, 5) is 35.6. The van der Waals surface area contributed by atoms with Gasteiger partial charge in [-0.25, -0.2) is 17.6 Å². The third-order valence-corrected chi connectivity index (χ3v) is 6.50. The second-order valence-corrected chi connectivity index (χ2v) is 9.18. The Morgan fingerprint density at radius 3 is 2.09 bits per heavy atom. The summed E-state index contributed by atoms with van der Waals surface area (Å²) in [5, 5.41) is 2.55. The Labute approximate surface area is 201 Å². The van der Waals surface area contributed by atoms with Gasteiger partial charge in [0, 0.05) is 22.5 Å². The standard InChI is InChI=1S/C24H22FN3O6S/c1-14-20(25)4-3-5-21(14)35(32,33)28-19-12-8-17(9-13-19)24(31)34-15(2)23(30)27-18-10-6-16(7-11-18)22(26)29/h3-13,15,28H,1-2H3,(H2,26,29)(H,27,30). The molecule has 0 heterocycles. The van der Waals surface area contributed by atoms with Crippen LogP contribution in [0.25, 0.3) is 0 Å². The summed E-state index contributed by atoms with van der Waals surface area (Å²) in [6.45, 7) is 2.74. The number of halogens is 1. The highest BCUT2D eigenvalue weighted by Gasteiger charge is 2.21. The van der Waals surface area contributed by atoms with Crippen molar-refractivity contribution in [2.75, 3.05) is 10.0 Å². The van der Waals surface area contributed by atoms with Crippen molar-refractivity contribution >= 4 is 39.2 Å². The number of carbonyl (C=O) groups is 3. The number of amides is 2. The first-order valence-electron chi connectivity index (χ1n) is 10.3. The minimum absolute atomic E-state index is 0.0173. The summed E-state index contributed by atoms with van der Waals surface area (Å²) < 4.78 is 46.4. The number of benzene rings is 3. The SMILES string of the molecule is Cc1c(F)cccc1S(=O)(=O)Nc1ccc(C(=O)OC(C)C(=O)Nc2ccc(C(N)=O)cc2)cc1. The Bertz CT molecular complexity index is 1370. The van der Waals surface area contributed by atoms with E-state index in [0.717, 1.165) is 6.07 Å². The molecule has 1 unspecified atom stereocenters. The van der Waals surface area contributed by atoms with E-state index in [1.54, 1.807) is 0 Å². The van der Waals surface area contributed by atoms with Crippen LogP contribution in [0.2, 0.25) is 0 Å². The Morgan fingerprint density at radius 1 is 0.914 bits per heavy atom. The lowest BCUT2D eigenvalue weighted by Gasteiger charge is -2.14. The molecule has 4 N–H and O–H groups in total. The summed E-state index contributed by atoms with van der Waals surface area (Å²) in [5.74, 6) is -2.65. The van der Waals surface area contributed by atoms with Gasteiger partial charge in [-0.2, -0.15) is 0 Å². The summed E-state index contributed by atoms with van der Waals surface area (Å²) in [7, 11) is -4.05. The van der Waals surface area contributed by atoms with Gasteiger partial charge in [-0.15, -0.1) is 0 Å². The van der Waals surface area contributed by atoms with Crippen molar-refractivity contribution in [1.82, 2.24) is 0 Å². The number of hydrogen-bond donors (Lipinski definition) is 3. The molecule has 182 valence electrons. The van der Waals surface area contributed by atoms with Crippen LogP contribution in [-0.2, 0) is 19.6 Å². The zero-order valence-electron chi connectivity index (χ0n) is 18.7. The fourth-order valence-electron chi connectivity index (χ4n) is 3.01. The molecule has 0 bridgehead atoms. The van der Waals surface area contributed by atoms with E-state index >= 15 is 0 Å². The van der Waals surface area contributed by atoms with Crippen LogP contribution >= 0.6 is 0 Å². The van der Waals surface area contributed by atoms with Crippen LogP contribution in [0.1, 0.15) is 33.2 Å². The van der Waals surface area contributed by atoms with Crippen molar-refractivity contribution in [2.45, 2.75) is 24.8 Å². The Morgan fingerprint density at radius 2 is 1.49 bits per heavy atom. The number of anilines is 2. The van der Waals surface area contributed by atoms with Gasteiger partial charge >= 0.3 is 5.97 Å². The number of nitrogens with two attached hydrogens (primary N) is 1. The lowest BCUT2D eigenvalue weighted by Crippen LogP contribution is -2.30. The topological polar surface area (TPSA) is 145 Å². The van der Waals surface area contributed by atoms with Gasteiger partial charge < -0.3 is 15.8 Å². The number of ether oxygens (including phenoxy) is 1. The largest absolute Gasteiger partial charge is 0.449 e. The van der Waals surface area contributed by atoms with Crippen LogP contribution in [0.15, 0.2) is 71.6 Å². The van der Waals surface area contributed by atoms with Gasteiger partial charge in [0.25, 0.3) is 15.9 Å². The summed E-state index contributed by atoms with van der Waals surface area (Å²) in [6, 6.07) is 14.9. The number of primary amides is 1.